The highest BCUT2D eigenvalue weighted by Crippen LogP contribution is 2.31. The van der Waals surface area contributed by atoms with Gasteiger partial charge in [-0.25, -0.2) is 0 Å². The van der Waals surface area contributed by atoms with E-state index in [4.69, 9.17) is 9.47 Å². The van der Waals surface area contributed by atoms with Crippen molar-refractivity contribution in [3.8, 4) is 11.5 Å². The highest BCUT2D eigenvalue weighted by Gasteiger charge is 2.20. The molecule has 0 fully saturated rings. The van der Waals surface area contributed by atoms with E-state index >= 15 is 0 Å². The lowest BCUT2D eigenvalue weighted by Crippen LogP contribution is -2.24. The van der Waals surface area contributed by atoms with Crippen molar-refractivity contribution >= 4 is 57.5 Å². The molecule has 0 spiro atoms. The molecule has 1 atom stereocenters. The minimum absolute atomic E-state index is 0.0584. The molecule has 0 aliphatic heterocycles. The second-order valence-corrected chi connectivity index (χ2v) is 9.55. The number of hydrogen-bond acceptors (Lipinski definition) is 5. The number of rotatable bonds is 9. The van der Waals surface area contributed by atoms with Gasteiger partial charge in [0, 0.05) is 19.8 Å². The molecule has 0 aliphatic rings. The lowest BCUT2D eigenvalue weighted by atomic mass is 10.1. The lowest BCUT2D eigenvalue weighted by Gasteiger charge is -2.16. The molecule has 33 heavy (non-hydrogen) atoms. The van der Waals surface area contributed by atoms with Crippen LogP contribution in [-0.4, -0.2) is 31.3 Å². The van der Waals surface area contributed by atoms with Crippen LogP contribution in [0.1, 0.15) is 23.7 Å². The molecule has 0 heterocycles. The van der Waals surface area contributed by atoms with E-state index in [1.165, 1.54) is 26.0 Å². The molecule has 8 heteroatoms. The lowest BCUT2D eigenvalue weighted by molar-refractivity contribution is -0.115. The predicted molar refractivity (Wildman–Crippen MR) is 142 cm³/mol. The molecule has 3 aromatic carbocycles. The van der Waals surface area contributed by atoms with Crippen molar-refractivity contribution in [3.05, 3.63) is 75.9 Å². The molecular weight excluding hydrogens is 551 g/mol. The predicted octanol–water partition coefficient (Wildman–Crippen LogP) is 6.07. The van der Waals surface area contributed by atoms with Gasteiger partial charge in [0.15, 0.2) is 0 Å². The number of halogens is 1. The van der Waals surface area contributed by atoms with Crippen LogP contribution in [0.3, 0.4) is 0 Å². The van der Waals surface area contributed by atoms with Gasteiger partial charge in [-0.15, -0.1) is 11.8 Å². The van der Waals surface area contributed by atoms with E-state index in [0.29, 0.717) is 29.2 Å². The topological polar surface area (TPSA) is 76.7 Å². The third kappa shape index (κ3) is 6.64. The van der Waals surface area contributed by atoms with Crippen LogP contribution in [0.15, 0.2) is 71.6 Å². The summed E-state index contributed by atoms with van der Waals surface area (Å²) in [4.78, 5) is 26.6. The Morgan fingerprint density at radius 3 is 2.15 bits per heavy atom. The Hall–Kier alpha value is -2.72. The molecule has 0 aromatic heterocycles. The van der Waals surface area contributed by atoms with Gasteiger partial charge in [0.1, 0.15) is 17.1 Å². The maximum Gasteiger partial charge on any atom is 0.263 e. The van der Waals surface area contributed by atoms with Gasteiger partial charge in [-0.05, 0) is 83.6 Å². The van der Waals surface area contributed by atoms with Crippen molar-refractivity contribution < 1.29 is 19.1 Å². The van der Waals surface area contributed by atoms with Gasteiger partial charge in [0.05, 0.1) is 19.5 Å². The molecule has 6 nitrogen and oxygen atoms in total. The van der Waals surface area contributed by atoms with Crippen LogP contribution >= 0.6 is 34.4 Å². The van der Waals surface area contributed by atoms with E-state index in [0.717, 1.165) is 14.2 Å². The second kappa shape index (κ2) is 11.9. The third-order valence-electron chi connectivity index (χ3n) is 4.80. The zero-order valence-corrected chi connectivity index (χ0v) is 21.5. The molecule has 1 unspecified atom stereocenters. The van der Waals surface area contributed by atoms with E-state index in [1.54, 1.807) is 24.3 Å². The first-order valence-corrected chi connectivity index (χ1v) is 12.3. The van der Waals surface area contributed by atoms with E-state index in [-0.39, 0.29) is 17.1 Å². The number of amides is 2. The zero-order chi connectivity index (χ0) is 23.8. The standard InChI is InChI=1S/C25H25IN2O4S/c1-4-22(24(29)27-17-13-11-16(26)12-14-17)33-19-8-5-7-18(15-19)28-25(30)23-20(31-2)9-6-10-21(23)32-3/h5-15,22H,4H2,1-3H3,(H,27,29)(H,28,30). The number of ether oxygens (including phenoxy) is 2. The fraction of sp³-hybridized carbons (Fsp3) is 0.200. The van der Waals surface area contributed by atoms with Gasteiger partial charge >= 0.3 is 0 Å². The molecule has 172 valence electrons. The fourth-order valence-electron chi connectivity index (χ4n) is 3.16. The van der Waals surface area contributed by atoms with Gasteiger partial charge in [-0.2, -0.15) is 0 Å². The molecule has 3 rings (SSSR count). The number of thioether (sulfide) groups is 1. The summed E-state index contributed by atoms with van der Waals surface area (Å²) in [5.74, 6) is 0.457. The first-order valence-electron chi connectivity index (χ1n) is 10.3. The molecule has 0 bridgehead atoms. The SMILES string of the molecule is CCC(Sc1cccc(NC(=O)c2c(OC)cccc2OC)c1)C(=O)Nc1ccc(I)cc1. The second-order valence-electron chi connectivity index (χ2n) is 7.03. The van der Waals surface area contributed by atoms with Crippen LogP contribution in [0.4, 0.5) is 11.4 Å². The highest BCUT2D eigenvalue weighted by molar-refractivity contribution is 14.1. The van der Waals surface area contributed by atoms with Gasteiger partial charge in [-0.1, -0.05) is 19.1 Å². The van der Waals surface area contributed by atoms with Crippen molar-refractivity contribution in [3.63, 3.8) is 0 Å². The Kier molecular flexibility index (Phi) is 9.02. The Bertz CT molecular complexity index is 1100. The summed E-state index contributed by atoms with van der Waals surface area (Å²) >= 11 is 3.69. The average molecular weight is 576 g/mol. The van der Waals surface area contributed by atoms with Crippen molar-refractivity contribution in [2.24, 2.45) is 0 Å². The monoisotopic (exact) mass is 576 g/mol. The maximum absolute atomic E-state index is 13.0. The summed E-state index contributed by atoms with van der Waals surface area (Å²) in [7, 11) is 3.02. The van der Waals surface area contributed by atoms with E-state index in [1.807, 2.05) is 49.4 Å². The van der Waals surface area contributed by atoms with Crippen molar-refractivity contribution in [1.29, 1.82) is 0 Å². The molecule has 0 aliphatic carbocycles. The Morgan fingerprint density at radius 2 is 1.55 bits per heavy atom. The number of benzene rings is 3. The molecule has 0 saturated carbocycles. The molecule has 2 N–H and O–H groups in total. The maximum atomic E-state index is 13.0. The van der Waals surface area contributed by atoms with Crippen molar-refractivity contribution in [2.75, 3.05) is 24.9 Å². The van der Waals surface area contributed by atoms with Gasteiger partial charge < -0.3 is 20.1 Å². The van der Waals surface area contributed by atoms with Crippen LogP contribution in [0.2, 0.25) is 0 Å². The highest BCUT2D eigenvalue weighted by atomic mass is 127. The minimum Gasteiger partial charge on any atom is -0.496 e. The van der Waals surface area contributed by atoms with Crippen LogP contribution in [0.5, 0.6) is 11.5 Å². The van der Waals surface area contributed by atoms with Gasteiger partial charge in [0.25, 0.3) is 5.91 Å². The minimum atomic E-state index is -0.338. The summed E-state index contributed by atoms with van der Waals surface area (Å²) in [6, 6.07) is 20.3. The molecule has 2 amide bonds. The number of hydrogen-bond donors (Lipinski definition) is 2. The van der Waals surface area contributed by atoms with Gasteiger partial charge in [-0.3, -0.25) is 9.59 Å². The summed E-state index contributed by atoms with van der Waals surface area (Å²) in [5.41, 5.74) is 1.71. The number of carbonyl (C=O) groups is 2. The van der Waals surface area contributed by atoms with Crippen LogP contribution < -0.4 is 20.1 Å². The van der Waals surface area contributed by atoms with Crippen LogP contribution in [0, 0.1) is 3.57 Å². The Labute approximate surface area is 211 Å². The number of methoxy groups -OCH3 is 2. The van der Waals surface area contributed by atoms with Crippen molar-refractivity contribution in [2.45, 2.75) is 23.5 Å². The van der Waals surface area contributed by atoms with E-state index in [9.17, 15) is 9.59 Å². The molecule has 0 radical (unpaired) electrons. The van der Waals surface area contributed by atoms with E-state index in [2.05, 4.69) is 33.2 Å². The quantitative estimate of drug-likeness (QED) is 0.239. The summed E-state index contributed by atoms with van der Waals surface area (Å²) in [6.07, 6.45) is 0.663. The summed E-state index contributed by atoms with van der Waals surface area (Å²) in [5, 5.41) is 5.60. The number of nitrogens with one attached hydrogen (secondary N) is 2. The smallest absolute Gasteiger partial charge is 0.263 e. The molecular formula is C25H25IN2O4S. The van der Waals surface area contributed by atoms with Crippen LogP contribution in [0.25, 0.3) is 0 Å². The van der Waals surface area contributed by atoms with E-state index < -0.39 is 0 Å². The number of anilines is 2. The first kappa shape index (κ1) is 24.9. The third-order valence-corrected chi connectivity index (χ3v) is 6.88. The van der Waals surface area contributed by atoms with Crippen molar-refractivity contribution in [1.82, 2.24) is 0 Å². The Balaban J connectivity index is 1.72. The molecule has 0 saturated heterocycles. The summed E-state index contributed by atoms with van der Waals surface area (Å²) in [6.45, 7) is 1.98. The largest absolute Gasteiger partial charge is 0.496 e. The fourth-order valence-corrected chi connectivity index (χ4v) is 4.53. The molecule has 3 aromatic rings. The average Bonchev–Trinajstić information content (AvgIpc) is 2.83. The summed E-state index contributed by atoms with van der Waals surface area (Å²) < 4.78 is 11.8. The Morgan fingerprint density at radius 1 is 0.909 bits per heavy atom. The number of carbonyl (C=O) groups excluding carboxylic acids is 2. The first-order chi connectivity index (χ1) is 15.9. The normalized spacial score (nSPS) is 11.4. The zero-order valence-electron chi connectivity index (χ0n) is 18.6. The van der Waals surface area contributed by atoms with Gasteiger partial charge in [0.2, 0.25) is 5.91 Å². The van der Waals surface area contributed by atoms with Crippen LogP contribution in [-0.2, 0) is 4.79 Å².